The third kappa shape index (κ3) is 4.89. The number of rotatable bonds is 6. The van der Waals surface area contributed by atoms with Crippen LogP contribution in [0.5, 0.6) is 5.75 Å². The summed E-state index contributed by atoms with van der Waals surface area (Å²) in [6.45, 7) is 0.0943. The number of hydrogen-bond donors (Lipinski definition) is 3. The highest BCUT2D eigenvalue weighted by atomic mass is 35.5. The van der Waals surface area contributed by atoms with Crippen molar-refractivity contribution in [2.45, 2.75) is 19.0 Å². The molecule has 0 saturated heterocycles. The number of terminal acetylenes is 1. The van der Waals surface area contributed by atoms with E-state index in [1.807, 2.05) is 0 Å². The summed E-state index contributed by atoms with van der Waals surface area (Å²) in [6, 6.07) is 3.30. The molecule has 1 unspecified atom stereocenters. The molecule has 0 spiro atoms. The molecule has 0 aliphatic heterocycles. The van der Waals surface area contributed by atoms with Crippen LogP contribution in [0.15, 0.2) is 18.2 Å². The quantitative estimate of drug-likeness (QED) is 0.697. The standard InChI is InChI=1S/C14H15ClN2O4/c1-3-5-11(13(18)19)17-14(20)16-8-9-10(15)6-4-7-12(9)21-2/h1,4,6-7,11H,5,8H2,2H3,(H,18,19)(H2,16,17,20). The molecular weight excluding hydrogens is 296 g/mol. The fourth-order valence-electron chi connectivity index (χ4n) is 1.60. The Bertz CT molecular complexity index is 569. The lowest BCUT2D eigenvalue weighted by Gasteiger charge is -2.14. The smallest absolute Gasteiger partial charge is 0.327 e. The second kappa shape index (κ2) is 8.02. The first-order chi connectivity index (χ1) is 9.99. The second-order valence-electron chi connectivity index (χ2n) is 4.05. The van der Waals surface area contributed by atoms with Crippen molar-refractivity contribution in [3.63, 3.8) is 0 Å². The van der Waals surface area contributed by atoms with E-state index in [1.165, 1.54) is 7.11 Å². The van der Waals surface area contributed by atoms with Gasteiger partial charge >= 0.3 is 12.0 Å². The molecule has 1 rings (SSSR count). The van der Waals surface area contributed by atoms with Gasteiger partial charge in [0.1, 0.15) is 11.8 Å². The number of aliphatic carboxylic acids is 1. The minimum Gasteiger partial charge on any atom is -0.496 e. The Kier molecular flexibility index (Phi) is 6.37. The van der Waals surface area contributed by atoms with E-state index in [9.17, 15) is 9.59 Å². The van der Waals surface area contributed by atoms with Gasteiger partial charge < -0.3 is 20.5 Å². The molecular formula is C14H15ClN2O4. The lowest BCUT2D eigenvalue weighted by Crippen LogP contribution is -2.45. The minimum atomic E-state index is -1.20. The van der Waals surface area contributed by atoms with Gasteiger partial charge in [-0.3, -0.25) is 0 Å². The zero-order valence-electron chi connectivity index (χ0n) is 11.4. The minimum absolute atomic E-state index is 0.0943. The zero-order chi connectivity index (χ0) is 15.8. The molecule has 7 heteroatoms. The van der Waals surface area contributed by atoms with Crippen molar-refractivity contribution in [2.24, 2.45) is 0 Å². The Morgan fingerprint density at radius 3 is 2.81 bits per heavy atom. The summed E-state index contributed by atoms with van der Waals surface area (Å²) in [7, 11) is 1.49. The number of urea groups is 1. The van der Waals surface area contributed by atoms with Crippen molar-refractivity contribution >= 4 is 23.6 Å². The van der Waals surface area contributed by atoms with Gasteiger partial charge in [0.05, 0.1) is 7.11 Å². The largest absolute Gasteiger partial charge is 0.496 e. The van der Waals surface area contributed by atoms with Crippen LogP contribution < -0.4 is 15.4 Å². The third-order valence-corrected chi connectivity index (χ3v) is 3.00. The van der Waals surface area contributed by atoms with Gasteiger partial charge in [-0.25, -0.2) is 9.59 Å². The Hall–Kier alpha value is -2.39. The Morgan fingerprint density at radius 1 is 1.52 bits per heavy atom. The highest BCUT2D eigenvalue weighted by Gasteiger charge is 2.18. The number of methoxy groups -OCH3 is 1. The van der Waals surface area contributed by atoms with Gasteiger partial charge in [0.25, 0.3) is 0 Å². The predicted octanol–water partition coefficient (Wildman–Crippen LogP) is 1.62. The summed E-state index contributed by atoms with van der Waals surface area (Å²) in [5.41, 5.74) is 0.598. The van der Waals surface area contributed by atoms with Crippen molar-refractivity contribution in [3.8, 4) is 18.1 Å². The highest BCUT2D eigenvalue weighted by Crippen LogP contribution is 2.25. The van der Waals surface area contributed by atoms with Crippen molar-refractivity contribution in [3.05, 3.63) is 28.8 Å². The first-order valence-electron chi connectivity index (χ1n) is 6.01. The molecule has 0 heterocycles. The molecule has 0 fully saturated rings. The first kappa shape index (κ1) is 16.7. The molecule has 0 bridgehead atoms. The molecule has 1 aromatic carbocycles. The van der Waals surface area contributed by atoms with Crippen LogP contribution in [0.2, 0.25) is 5.02 Å². The molecule has 3 N–H and O–H groups in total. The van der Waals surface area contributed by atoms with E-state index in [2.05, 4.69) is 16.6 Å². The molecule has 1 aromatic rings. The van der Waals surface area contributed by atoms with Crippen LogP contribution in [0.1, 0.15) is 12.0 Å². The van der Waals surface area contributed by atoms with Gasteiger partial charge in [0.15, 0.2) is 0 Å². The van der Waals surface area contributed by atoms with Crippen LogP contribution in [0.25, 0.3) is 0 Å². The number of hydrogen-bond acceptors (Lipinski definition) is 3. The number of carboxylic acid groups (broad SMARTS) is 1. The number of halogens is 1. The van der Waals surface area contributed by atoms with E-state index < -0.39 is 18.0 Å². The van der Waals surface area contributed by atoms with Crippen LogP contribution in [0.4, 0.5) is 4.79 Å². The van der Waals surface area contributed by atoms with Gasteiger partial charge in [0, 0.05) is 23.6 Å². The highest BCUT2D eigenvalue weighted by molar-refractivity contribution is 6.31. The van der Waals surface area contributed by atoms with Crippen LogP contribution in [-0.2, 0) is 11.3 Å². The van der Waals surface area contributed by atoms with E-state index in [0.717, 1.165) is 0 Å². The Labute approximate surface area is 127 Å². The molecule has 0 radical (unpaired) electrons. The van der Waals surface area contributed by atoms with Gasteiger partial charge in [-0.2, -0.15) is 0 Å². The van der Waals surface area contributed by atoms with E-state index in [4.69, 9.17) is 27.9 Å². The number of carboxylic acids is 1. The summed E-state index contributed by atoms with van der Waals surface area (Å²) in [5, 5.41) is 14.1. The third-order valence-electron chi connectivity index (χ3n) is 2.65. The van der Waals surface area contributed by atoms with Crippen molar-refractivity contribution < 1.29 is 19.4 Å². The summed E-state index contributed by atoms with van der Waals surface area (Å²) in [5.74, 6) is 1.52. The number of ether oxygens (including phenoxy) is 1. The number of benzene rings is 1. The van der Waals surface area contributed by atoms with Gasteiger partial charge in [-0.1, -0.05) is 17.7 Å². The molecule has 0 aliphatic rings. The van der Waals surface area contributed by atoms with Crippen LogP contribution in [0, 0.1) is 12.3 Å². The van der Waals surface area contributed by atoms with E-state index in [-0.39, 0.29) is 13.0 Å². The number of carbonyl (C=O) groups excluding carboxylic acids is 1. The van der Waals surface area contributed by atoms with Gasteiger partial charge in [-0.15, -0.1) is 12.3 Å². The van der Waals surface area contributed by atoms with Crippen LogP contribution in [0.3, 0.4) is 0 Å². The maximum atomic E-state index is 11.7. The molecule has 112 valence electrons. The maximum Gasteiger partial charge on any atom is 0.327 e. The van der Waals surface area contributed by atoms with E-state index >= 15 is 0 Å². The molecule has 1 atom stereocenters. The van der Waals surface area contributed by atoms with Crippen molar-refractivity contribution in [1.82, 2.24) is 10.6 Å². The fourth-order valence-corrected chi connectivity index (χ4v) is 1.83. The predicted molar refractivity (Wildman–Crippen MR) is 78.2 cm³/mol. The average molecular weight is 311 g/mol. The monoisotopic (exact) mass is 310 g/mol. The Morgan fingerprint density at radius 2 is 2.24 bits per heavy atom. The number of carbonyl (C=O) groups is 2. The number of nitrogens with one attached hydrogen (secondary N) is 2. The Balaban J connectivity index is 2.65. The van der Waals surface area contributed by atoms with E-state index in [0.29, 0.717) is 16.3 Å². The van der Waals surface area contributed by atoms with Crippen LogP contribution in [-0.4, -0.2) is 30.3 Å². The first-order valence-corrected chi connectivity index (χ1v) is 6.39. The molecule has 0 saturated carbocycles. The fraction of sp³-hybridized carbons (Fsp3) is 0.286. The summed E-state index contributed by atoms with van der Waals surface area (Å²) in [4.78, 5) is 22.6. The normalized spacial score (nSPS) is 11.1. The van der Waals surface area contributed by atoms with Crippen LogP contribution >= 0.6 is 11.6 Å². The molecule has 6 nitrogen and oxygen atoms in total. The zero-order valence-corrected chi connectivity index (χ0v) is 12.1. The van der Waals surface area contributed by atoms with Gasteiger partial charge in [-0.05, 0) is 12.1 Å². The van der Waals surface area contributed by atoms with Gasteiger partial charge in [0.2, 0.25) is 0 Å². The molecule has 21 heavy (non-hydrogen) atoms. The maximum absolute atomic E-state index is 11.7. The van der Waals surface area contributed by atoms with Crippen molar-refractivity contribution in [1.29, 1.82) is 0 Å². The van der Waals surface area contributed by atoms with Crippen molar-refractivity contribution in [2.75, 3.05) is 7.11 Å². The average Bonchev–Trinajstić information content (AvgIpc) is 2.45. The second-order valence-corrected chi connectivity index (χ2v) is 4.45. The summed E-state index contributed by atoms with van der Waals surface area (Å²) in [6.07, 6.45) is 4.95. The summed E-state index contributed by atoms with van der Waals surface area (Å²) >= 11 is 6.03. The SMILES string of the molecule is C#CCC(NC(=O)NCc1c(Cl)cccc1OC)C(=O)O. The molecule has 2 amide bonds. The lowest BCUT2D eigenvalue weighted by molar-refractivity contribution is -0.139. The molecule has 0 aromatic heterocycles. The summed E-state index contributed by atoms with van der Waals surface area (Å²) < 4.78 is 5.14. The van der Waals surface area contributed by atoms with E-state index in [1.54, 1.807) is 18.2 Å². The topological polar surface area (TPSA) is 87.7 Å². The molecule has 0 aliphatic carbocycles. The lowest BCUT2D eigenvalue weighted by atomic mass is 10.2. The number of amides is 2.